The Kier molecular flexibility index (Phi) is 10.3. The van der Waals surface area contributed by atoms with Gasteiger partial charge in [-0.2, -0.15) is 0 Å². The third-order valence-corrected chi connectivity index (χ3v) is 7.13. The Hall–Kier alpha value is -3.19. The van der Waals surface area contributed by atoms with Crippen molar-refractivity contribution in [3.8, 4) is 0 Å². The van der Waals surface area contributed by atoms with Crippen molar-refractivity contribution in [2.45, 2.75) is 59.3 Å². The standard InChI is InChI=1S/C30H43N5O2/c1-21-15-22(2)17-26(16-21)30(36)34(5)19-28(33-37-20-29(31)32)27(11-14-35-12-7-6-8-13-35)25-10-9-23(3)24(4)18-25/h9-10,15-18,27H,6-8,11-14,19-20H2,1-5H3,(H3,31,32)/b33-28+. The predicted molar refractivity (Wildman–Crippen MR) is 152 cm³/mol. The molecule has 1 amide bonds. The molecule has 0 saturated carbocycles. The number of likely N-dealkylation sites (tertiary alicyclic amines) is 1. The first-order chi connectivity index (χ1) is 17.6. The summed E-state index contributed by atoms with van der Waals surface area (Å²) in [4.78, 5) is 23.1. The maximum atomic E-state index is 13.4. The Bertz CT molecular complexity index is 1100. The van der Waals surface area contributed by atoms with Crippen molar-refractivity contribution < 1.29 is 9.63 Å². The van der Waals surface area contributed by atoms with Gasteiger partial charge in [-0.15, -0.1) is 0 Å². The lowest BCUT2D eigenvalue weighted by Gasteiger charge is -2.30. The number of benzene rings is 2. The summed E-state index contributed by atoms with van der Waals surface area (Å²) >= 11 is 0. The molecule has 1 heterocycles. The Balaban J connectivity index is 1.91. The number of hydrogen-bond acceptors (Lipinski definition) is 5. The number of amides is 1. The number of nitrogens with two attached hydrogens (primary N) is 1. The quantitative estimate of drug-likeness (QED) is 0.256. The summed E-state index contributed by atoms with van der Waals surface area (Å²) in [6, 6.07) is 12.4. The van der Waals surface area contributed by atoms with Crippen LogP contribution >= 0.6 is 0 Å². The van der Waals surface area contributed by atoms with Crippen LogP contribution in [0.3, 0.4) is 0 Å². The van der Waals surface area contributed by atoms with Gasteiger partial charge >= 0.3 is 0 Å². The number of hydrogen-bond donors (Lipinski definition) is 2. The molecule has 1 saturated heterocycles. The smallest absolute Gasteiger partial charge is 0.253 e. The monoisotopic (exact) mass is 505 g/mol. The number of oxime groups is 1. The lowest BCUT2D eigenvalue weighted by Crippen LogP contribution is -2.37. The van der Waals surface area contributed by atoms with E-state index in [0.717, 1.165) is 48.5 Å². The van der Waals surface area contributed by atoms with Crippen LogP contribution in [-0.2, 0) is 4.84 Å². The van der Waals surface area contributed by atoms with Crippen molar-refractivity contribution >= 4 is 17.5 Å². The summed E-state index contributed by atoms with van der Waals surface area (Å²) < 4.78 is 0. The Morgan fingerprint density at radius 2 is 1.73 bits per heavy atom. The topological polar surface area (TPSA) is 95.0 Å². The van der Waals surface area contributed by atoms with Gasteiger partial charge < -0.3 is 20.4 Å². The van der Waals surface area contributed by atoms with Crippen LogP contribution in [0.15, 0.2) is 41.6 Å². The van der Waals surface area contributed by atoms with Gasteiger partial charge in [0, 0.05) is 18.5 Å². The van der Waals surface area contributed by atoms with Crippen LogP contribution in [0.4, 0.5) is 0 Å². The minimum absolute atomic E-state index is 0.0253. The van der Waals surface area contributed by atoms with E-state index in [1.165, 1.54) is 30.4 Å². The van der Waals surface area contributed by atoms with E-state index in [1.54, 1.807) is 4.90 Å². The van der Waals surface area contributed by atoms with Gasteiger partial charge in [0.05, 0.1) is 12.3 Å². The number of carbonyl (C=O) groups is 1. The Morgan fingerprint density at radius 3 is 2.35 bits per heavy atom. The molecule has 37 heavy (non-hydrogen) atoms. The highest BCUT2D eigenvalue weighted by Crippen LogP contribution is 2.26. The van der Waals surface area contributed by atoms with Gasteiger partial charge in [-0.3, -0.25) is 10.2 Å². The molecule has 0 radical (unpaired) electrons. The zero-order valence-electron chi connectivity index (χ0n) is 23.1. The van der Waals surface area contributed by atoms with Gasteiger partial charge in [-0.1, -0.05) is 47.0 Å². The molecule has 1 aliphatic rings. The number of amidine groups is 1. The molecule has 1 atom stereocenters. The largest absolute Gasteiger partial charge is 0.388 e. The molecule has 2 aromatic carbocycles. The molecule has 0 aliphatic carbocycles. The van der Waals surface area contributed by atoms with E-state index in [1.807, 2.05) is 33.0 Å². The van der Waals surface area contributed by atoms with Crippen molar-refractivity contribution in [1.82, 2.24) is 9.80 Å². The molecule has 1 unspecified atom stereocenters. The zero-order chi connectivity index (χ0) is 26.9. The van der Waals surface area contributed by atoms with Crippen LogP contribution in [0.5, 0.6) is 0 Å². The second-order valence-corrected chi connectivity index (χ2v) is 10.5. The number of rotatable bonds is 11. The van der Waals surface area contributed by atoms with Gasteiger partial charge in [-0.25, -0.2) is 0 Å². The minimum atomic E-state index is -0.0844. The highest BCUT2D eigenvalue weighted by Gasteiger charge is 2.25. The number of piperidine rings is 1. The second-order valence-electron chi connectivity index (χ2n) is 10.5. The third kappa shape index (κ3) is 8.42. The van der Waals surface area contributed by atoms with Crippen LogP contribution in [0.25, 0.3) is 0 Å². The van der Waals surface area contributed by atoms with E-state index in [2.05, 4.69) is 48.2 Å². The number of aryl methyl sites for hydroxylation is 4. The van der Waals surface area contributed by atoms with Crippen LogP contribution in [-0.4, -0.2) is 67.1 Å². The summed E-state index contributed by atoms with van der Waals surface area (Å²) in [5.41, 5.74) is 12.7. The first-order valence-corrected chi connectivity index (χ1v) is 13.3. The molecule has 0 aromatic heterocycles. The van der Waals surface area contributed by atoms with Gasteiger partial charge in [0.15, 0.2) is 6.61 Å². The van der Waals surface area contributed by atoms with E-state index >= 15 is 0 Å². The normalized spacial score (nSPS) is 15.3. The van der Waals surface area contributed by atoms with Crippen LogP contribution < -0.4 is 5.73 Å². The molecular weight excluding hydrogens is 462 g/mol. The average Bonchev–Trinajstić information content (AvgIpc) is 2.85. The van der Waals surface area contributed by atoms with Gasteiger partial charge in [0.25, 0.3) is 5.91 Å². The van der Waals surface area contributed by atoms with Gasteiger partial charge in [0.1, 0.15) is 5.84 Å². The summed E-state index contributed by atoms with van der Waals surface area (Å²) in [5, 5.41) is 12.0. The van der Waals surface area contributed by atoms with E-state index < -0.39 is 0 Å². The summed E-state index contributed by atoms with van der Waals surface area (Å²) in [6.07, 6.45) is 4.65. The van der Waals surface area contributed by atoms with Crippen LogP contribution in [0, 0.1) is 33.1 Å². The number of carbonyl (C=O) groups excluding carboxylic acids is 1. The molecule has 1 aliphatic heterocycles. The fourth-order valence-corrected chi connectivity index (χ4v) is 5.02. The van der Waals surface area contributed by atoms with Crippen molar-refractivity contribution in [2.75, 3.05) is 39.8 Å². The first-order valence-electron chi connectivity index (χ1n) is 13.3. The van der Waals surface area contributed by atoms with E-state index in [-0.39, 0.29) is 24.3 Å². The third-order valence-electron chi connectivity index (χ3n) is 7.13. The molecule has 3 rings (SSSR count). The van der Waals surface area contributed by atoms with Crippen molar-refractivity contribution in [1.29, 1.82) is 5.41 Å². The average molecular weight is 506 g/mol. The van der Waals surface area contributed by atoms with Gasteiger partial charge in [-0.05, 0) is 95.4 Å². The molecule has 200 valence electrons. The van der Waals surface area contributed by atoms with Crippen molar-refractivity contribution in [3.63, 3.8) is 0 Å². The lowest BCUT2D eigenvalue weighted by molar-refractivity contribution is 0.0811. The number of nitrogens with one attached hydrogen (secondary N) is 1. The van der Waals surface area contributed by atoms with E-state index in [9.17, 15) is 4.79 Å². The van der Waals surface area contributed by atoms with Crippen LogP contribution in [0.2, 0.25) is 0 Å². The minimum Gasteiger partial charge on any atom is -0.388 e. The SMILES string of the molecule is Cc1cc(C)cc(C(=O)N(C)C/C(=N\OCC(=N)N)C(CCN2CCCCC2)c2ccc(C)c(C)c2)c1. The molecule has 7 heteroatoms. The maximum absolute atomic E-state index is 13.4. The zero-order valence-corrected chi connectivity index (χ0v) is 23.1. The second kappa shape index (κ2) is 13.4. The summed E-state index contributed by atoms with van der Waals surface area (Å²) in [7, 11) is 1.81. The van der Waals surface area contributed by atoms with Crippen molar-refractivity contribution in [2.24, 2.45) is 10.9 Å². The molecule has 1 fully saturated rings. The highest BCUT2D eigenvalue weighted by molar-refractivity contribution is 5.99. The molecule has 0 spiro atoms. The summed E-state index contributed by atoms with van der Waals surface area (Å²) in [5.74, 6) is -0.164. The molecule has 2 aromatic rings. The van der Waals surface area contributed by atoms with Crippen molar-refractivity contribution in [3.05, 3.63) is 69.8 Å². The van der Waals surface area contributed by atoms with E-state index in [0.29, 0.717) is 12.1 Å². The molecule has 0 bridgehead atoms. The molecule has 7 nitrogen and oxygen atoms in total. The highest BCUT2D eigenvalue weighted by atomic mass is 16.6. The van der Waals surface area contributed by atoms with E-state index in [4.69, 9.17) is 16.0 Å². The Labute approximate surface area is 222 Å². The maximum Gasteiger partial charge on any atom is 0.253 e. The lowest BCUT2D eigenvalue weighted by atomic mass is 9.88. The molecule has 3 N–H and O–H groups in total. The van der Waals surface area contributed by atoms with Crippen LogP contribution in [0.1, 0.15) is 69.8 Å². The number of nitrogens with zero attached hydrogens (tertiary/aromatic N) is 3. The fourth-order valence-electron chi connectivity index (χ4n) is 5.02. The fraction of sp³-hybridized carbons (Fsp3) is 0.500. The first kappa shape index (κ1) is 28.4. The molecular formula is C30H43N5O2. The predicted octanol–water partition coefficient (Wildman–Crippen LogP) is 4.96. The Morgan fingerprint density at radius 1 is 1.05 bits per heavy atom. The van der Waals surface area contributed by atoms with Gasteiger partial charge in [0.2, 0.25) is 0 Å². The summed E-state index contributed by atoms with van der Waals surface area (Å²) in [6.45, 7) is 11.7.